The molecule has 0 aliphatic carbocycles. The van der Waals surface area contributed by atoms with Gasteiger partial charge in [-0.1, -0.05) is 0 Å². The Kier molecular flexibility index (Phi) is 5.53. The van der Waals surface area contributed by atoms with Crippen LogP contribution in [0, 0.1) is 6.92 Å². The predicted octanol–water partition coefficient (Wildman–Crippen LogP) is -2.01. The first-order valence-electron chi connectivity index (χ1n) is 7.33. The van der Waals surface area contributed by atoms with E-state index in [2.05, 4.69) is 13.6 Å². The number of nitrogens with zero attached hydrogens (tertiary/aromatic N) is 1. The van der Waals surface area contributed by atoms with Gasteiger partial charge in [-0.05, 0) is 6.92 Å². The average Bonchev–Trinajstić information content (AvgIpc) is 2.69. The second-order valence-electron chi connectivity index (χ2n) is 5.37. The van der Waals surface area contributed by atoms with Crippen LogP contribution in [0.15, 0.2) is 15.8 Å². The number of aryl methyl sites for hydroxylation is 1. The predicted molar refractivity (Wildman–Crippen MR) is 80.9 cm³/mol. The molecule has 1 aromatic rings. The molecule has 1 fully saturated rings. The molecule has 0 bridgehead atoms. The molecule has 2 rings (SSSR count). The fraction of sp³-hybridized carbons (Fsp3) is 0.600. The summed E-state index contributed by atoms with van der Waals surface area (Å²) in [7, 11) is -11.1. The third-order valence-corrected chi connectivity index (χ3v) is 5.39. The van der Waals surface area contributed by atoms with E-state index in [0.29, 0.717) is 0 Å². The SMILES string of the molecule is [2H][C@@]1(n2cc(C)c(=O)[nH]c2=O)O[C@](F)(COP(=O)(O)OP(=O)(O)O)[C@@H](O)[C@H]1O. The highest BCUT2D eigenvalue weighted by molar-refractivity contribution is 7.60. The largest absolute Gasteiger partial charge is 0.481 e. The number of hydrogen-bond donors (Lipinski definition) is 6. The minimum Gasteiger partial charge on any atom is -0.385 e. The quantitative estimate of drug-likeness (QED) is 0.266. The molecule has 27 heavy (non-hydrogen) atoms. The Morgan fingerprint density at radius 3 is 2.56 bits per heavy atom. The lowest BCUT2D eigenvalue weighted by atomic mass is 10.1. The number of aromatic nitrogens is 2. The third kappa shape index (κ3) is 4.97. The summed E-state index contributed by atoms with van der Waals surface area (Å²) in [5, 5.41) is 19.9. The zero-order valence-corrected chi connectivity index (χ0v) is 15.0. The molecule has 2 heterocycles. The Bertz CT molecular complexity index is 978. The Morgan fingerprint density at radius 1 is 1.41 bits per heavy atom. The summed E-state index contributed by atoms with van der Waals surface area (Å²) in [6.07, 6.45) is -7.40. The average molecular weight is 437 g/mol. The zero-order valence-electron chi connectivity index (χ0n) is 14.3. The maximum atomic E-state index is 14.9. The van der Waals surface area contributed by atoms with E-state index in [1.165, 1.54) is 6.92 Å². The lowest BCUT2D eigenvalue weighted by molar-refractivity contribution is -0.205. The smallest absolute Gasteiger partial charge is 0.385 e. The van der Waals surface area contributed by atoms with Gasteiger partial charge in [0.2, 0.25) is 0 Å². The number of ether oxygens (including phenoxy) is 1. The van der Waals surface area contributed by atoms with Crippen LogP contribution in [0.2, 0.25) is 0 Å². The number of halogens is 1. The van der Waals surface area contributed by atoms with E-state index in [1.54, 1.807) is 4.98 Å². The van der Waals surface area contributed by atoms with Gasteiger partial charge in [0.15, 0.2) is 6.20 Å². The standard InChI is InChI=1S/C10H15FN2O12P2/c1-4-2-13(9(17)12-7(4)16)8-5(14)6(15)10(11,24-8)3-23-27(21,22)25-26(18,19)20/h2,5-6,8,14-15H,3H2,1H3,(H,21,22)(H,12,16,17)(H2,18,19,20)/t5-,6+,8-,10-/m1/s1/i8D. The van der Waals surface area contributed by atoms with Crippen molar-refractivity contribution in [3.63, 3.8) is 0 Å². The van der Waals surface area contributed by atoms with Gasteiger partial charge in [0.05, 0.1) is 1.37 Å². The topological polar surface area (TPSA) is 218 Å². The molecule has 1 saturated heterocycles. The first-order valence-corrected chi connectivity index (χ1v) is 9.86. The Hall–Kier alpha value is -1.25. The Balaban J connectivity index is 2.34. The number of nitrogens with one attached hydrogen (secondary N) is 1. The normalized spacial score (nSPS) is 34.3. The van der Waals surface area contributed by atoms with Crippen LogP contribution in [0.5, 0.6) is 0 Å². The number of alkyl halides is 1. The van der Waals surface area contributed by atoms with Crippen LogP contribution < -0.4 is 11.2 Å². The van der Waals surface area contributed by atoms with E-state index in [0.717, 1.165) is 6.20 Å². The Labute approximate surface area is 150 Å². The molecule has 0 aromatic carbocycles. The van der Waals surface area contributed by atoms with Gasteiger partial charge in [-0.15, -0.1) is 0 Å². The second-order valence-corrected chi connectivity index (χ2v) is 8.20. The molecule has 6 N–H and O–H groups in total. The van der Waals surface area contributed by atoms with Gasteiger partial charge < -0.3 is 29.6 Å². The molecular weight excluding hydrogens is 421 g/mol. The maximum Gasteiger partial charge on any atom is 0.481 e. The molecule has 0 spiro atoms. The molecule has 1 aliphatic rings. The number of aliphatic hydroxyl groups excluding tert-OH is 2. The maximum absolute atomic E-state index is 14.9. The molecule has 0 saturated carbocycles. The molecule has 154 valence electrons. The molecule has 0 amide bonds. The summed E-state index contributed by atoms with van der Waals surface area (Å²) in [4.78, 5) is 51.2. The molecule has 0 radical (unpaired) electrons. The summed E-state index contributed by atoms with van der Waals surface area (Å²) in [6.45, 7) is -0.528. The van der Waals surface area contributed by atoms with Crippen LogP contribution in [0.25, 0.3) is 0 Å². The minimum atomic E-state index is -5.55. The summed E-state index contributed by atoms with van der Waals surface area (Å²) >= 11 is 0. The molecule has 1 aromatic heterocycles. The van der Waals surface area contributed by atoms with Crippen LogP contribution in [-0.4, -0.2) is 59.1 Å². The monoisotopic (exact) mass is 437 g/mol. The molecule has 1 aliphatic heterocycles. The van der Waals surface area contributed by atoms with Crippen molar-refractivity contribution in [1.29, 1.82) is 0 Å². The van der Waals surface area contributed by atoms with E-state index >= 15 is 0 Å². The van der Waals surface area contributed by atoms with Gasteiger partial charge in [-0.3, -0.25) is 18.9 Å². The number of phosphoric acid groups is 2. The highest BCUT2D eigenvalue weighted by Gasteiger charge is 2.57. The van der Waals surface area contributed by atoms with E-state index < -0.39 is 57.8 Å². The second kappa shape index (κ2) is 7.29. The molecule has 14 nitrogen and oxygen atoms in total. The van der Waals surface area contributed by atoms with E-state index in [9.17, 15) is 33.3 Å². The van der Waals surface area contributed by atoms with Crippen molar-refractivity contribution in [3.05, 3.63) is 32.6 Å². The number of aliphatic hydroxyl groups is 2. The number of H-pyrrole nitrogens is 1. The van der Waals surface area contributed by atoms with Crippen molar-refractivity contribution < 1.29 is 53.4 Å². The van der Waals surface area contributed by atoms with Gasteiger partial charge in [0.1, 0.15) is 18.8 Å². The van der Waals surface area contributed by atoms with Crippen LogP contribution in [0.4, 0.5) is 4.39 Å². The van der Waals surface area contributed by atoms with E-state index in [4.69, 9.17) is 16.1 Å². The highest BCUT2D eigenvalue weighted by atomic mass is 31.3. The number of rotatable bonds is 6. The first kappa shape index (κ1) is 20.5. The molecule has 1 unspecified atom stereocenters. The van der Waals surface area contributed by atoms with Gasteiger partial charge in [0.25, 0.3) is 11.4 Å². The lowest BCUT2D eigenvalue weighted by Gasteiger charge is -2.23. The molecule has 5 atom stereocenters. The van der Waals surface area contributed by atoms with Gasteiger partial charge in [-0.2, -0.15) is 4.31 Å². The molecular formula is C10H15FN2O12P2. The van der Waals surface area contributed by atoms with E-state index in [1.807, 2.05) is 0 Å². The minimum absolute atomic E-state index is 0.140. The zero-order chi connectivity index (χ0) is 21.7. The summed E-state index contributed by atoms with van der Waals surface area (Å²) < 4.78 is 57.1. The van der Waals surface area contributed by atoms with Crippen molar-refractivity contribution >= 4 is 15.6 Å². The van der Waals surface area contributed by atoms with Gasteiger partial charge in [0, 0.05) is 11.8 Å². The summed E-state index contributed by atoms with van der Waals surface area (Å²) in [5.41, 5.74) is -2.29. The molecule has 17 heteroatoms. The van der Waals surface area contributed by atoms with Crippen LogP contribution in [-0.2, 0) is 22.7 Å². The fourth-order valence-electron chi connectivity index (χ4n) is 2.03. The Morgan fingerprint density at radius 2 is 2.00 bits per heavy atom. The van der Waals surface area contributed by atoms with Crippen LogP contribution in [0.3, 0.4) is 0 Å². The van der Waals surface area contributed by atoms with Crippen LogP contribution in [0.1, 0.15) is 13.1 Å². The van der Waals surface area contributed by atoms with Crippen LogP contribution >= 0.6 is 15.6 Å². The van der Waals surface area contributed by atoms with Crippen molar-refractivity contribution in [2.24, 2.45) is 0 Å². The highest BCUT2D eigenvalue weighted by Crippen LogP contribution is 2.58. The third-order valence-electron chi connectivity index (χ3n) is 3.26. The fourth-order valence-corrected chi connectivity index (χ4v) is 3.63. The lowest BCUT2D eigenvalue weighted by Crippen LogP contribution is -2.43. The van der Waals surface area contributed by atoms with E-state index in [-0.39, 0.29) is 10.1 Å². The number of aromatic amines is 1. The number of hydrogen-bond acceptors (Lipinski definition) is 9. The van der Waals surface area contributed by atoms with Crippen molar-refractivity contribution in [1.82, 2.24) is 9.55 Å². The van der Waals surface area contributed by atoms with Crippen molar-refractivity contribution in [2.75, 3.05) is 6.61 Å². The van der Waals surface area contributed by atoms with Gasteiger partial charge in [-0.25, -0.2) is 18.3 Å². The first-order chi connectivity index (χ1) is 12.5. The van der Waals surface area contributed by atoms with Crippen molar-refractivity contribution in [3.8, 4) is 0 Å². The number of phosphoric ester groups is 1. The van der Waals surface area contributed by atoms with Crippen molar-refractivity contribution in [2.45, 2.75) is 31.2 Å². The summed E-state index contributed by atoms with van der Waals surface area (Å²) in [6, 6.07) is 0. The summed E-state index contributed by atoms with van der Waals surface area (Å²) in [5.74, 6) is -3.60. The van der Waals surface area contributed by atoms with Gasteiger partial charge >= 0.3 is 21.3 Å².